The Labute approximate surface area is 120 Å². The first-order valence-corrected chi connectivity index (χ1v) is 8.12. The summed E-state index contributed by atoms with van der Waals surface area (Å²) in [5.41, 5.74) is 0.906. The molecule has 96 valence electrons. The van der Waals surface area contributed by atoms with Crippen LogP contribution in [-0.2, 0) is 6.42 Å². The average molecular weight is 366 g/mol. The van der Waals surface area contributed by atoms with Crippen molar-refractivity contribution in [3.05, 3.63) is 35.6 Å². The van der Waals surface area contributed by atoms with E-state index in [1.54, 1.807) is 6.07 Å². The van der Waals surface area contributed by atoms with Gasteiger partial charge in [-0.3, -0.25) is 0 Å². The van der Waals surface area contributed by atoms with Crippen molar-refractivity contribution in [1.82, 2.24) is 0 Å². The molecule has 0 atom stereocenters. The smallest absolute Gasteiger partial charge is 0.126 e. The van der Waals surface area contributed by atoms with Crippen molar-refractivity contribution in [2.24, 2.45) is 11.3 Å². The number of halogens is 3. The summed E-state index contributed by atoms with van der Waals surface area (Å²) in [6.07, 6.45) is 1.85. The Morgan fingerprint density at radius 3 is 2.24 bits per heavy atom. The van der Waals surface area contributed by atoms with Crippen LogP contribution in [0.25, 0.3) is 0 Å². The summed E-state index contributed by atoms with van der Waals surface area (Å²) in [5, 5.41) is 1.77. The Bertz CT molecular complexity index is 346. The van der Waals surface area contributed by atoms with Gasteiger partial charge in [-0.05, 0) is 35.8 Å². The number of alkyl halides is 2. The van der Waals surface area contributed by atoms with Gasteiger partial charge >= 0.3 is 0 Å². The van der Waals surface area contributed by atoms with Gasteiger partial charge in [-0.2, -0.15) is 0 Å². The van der Waals surface area contributed by atoms with E-state index in [-0.39, 0.29) is 11.2 Å². The Kier molecular flexibility index (Phi) is 6.14. The van der Waals surface area contributed by atoms with E-state index in [0.29, 0.717) is 5.92 Å². The van der Waals surface area contributed by atoms with Crippen LogP contribution >= 0.6 is 31.9 Å². The van der Waals surface area contributed by atoms with Gasteiger partial charge in [0, 0.05) is 10.7 Å². The third kappa shape index (κ3) is 4.36. The Morgan fingerprint density at radius 2 is 1.76 bits per heavy atom. The fraction of sp³-hybridized carbons (Fsp3) is 0.571. The summed E-state index contributed by atoms with van der Waals surface area (Å²) in [6.45, 7) is 4.42. The van der Waals surface area contributed by atoms with Crippen LogP contribution in [0.15, 0.2) is 24.3 Å². The molecule has 1 rings (SSSR count). The SMILES string of the molecule is CC(C)CC(CBr)(CBr)Cc1ccccc1F. The summed E-state index contributed by atoms with van der Waals surface area (Å²) >= 11 is 7.18. The van der Waals surface area contributed by atoms with Crippen molar-refractivity contribution in [3.8, 4) is 0 Å². The molecule has 0 bridgehead atoms. The van der Waals surface area contributed by atoms with E-state index in [1.807, 2.05) is 12.1 Å². The van der Waals surface area contributed by atoms with Gasteiger partial charge in [-0.15, -0.1) is 0 Å². The van der Waals surface area contributed by atoms with Crippen molar-refractivity contribution < 1.29 is 4.39 Å². The fourth-order valence-electron chi connectivity index (χ4n) is 2.22. The molecule has 0 unspecified atom stereocenters. The normalized spacial score (nSPS) is 12.1. The van der Waals surface area contributed by atoms with Gasteiger partial charge in [0.2, 0.25) is 0 Å². The van der Waals surface area contributed by atoms with Crippen molar-refractivity contribution >= 4 is 31.9 Å². The van der Waals surface area contributed by atoms with Gasteiger partial charge in [0.05, 0.1) is 0 Å². The minimum atomic E-state index is -0.0949. The van der Waals surface area contributed by atoms with Gasteiger partial charge in [0.25, 0.3) is 0 Å². The van der Waals surface area contributed by atoms with Crippen molar-refractivity contribution in [2.45, 2.75) is 26.7 Å². The number of hydrogen-bond donors (Lipinski definition) is 0. The van der Waals surface area contributed by atoms with Crippen LogP contribution in [0.2, 0.25) is 0 Å². The summed E-state index contributed by atoms with van der Waals surface area (Å²) in [6, 6.07) is 7.07. The zero-order valence-corrected chi connectivity index (χ0v) is 13.5. The molecule has 0 aliphatic rings. The minimum absolute atomic E-state index is 0.0936. The van der Waals surface area contributed by atoms with E-state index in [1.165, 1.54) is 6.07 Å². The maximum absolute atomic E-state index is 13.7. The Morgan fingerprint density at radius 1 is 1.18 bits per heavy atom. The second-order valence-electron chi connectivity index (χ2n) is 5.13. The third-order valence-corrected chi connectivity index (χ3v) is 5.31. The molecule has 0 nitrogen and oxygen atoms in total. The highest BCUT2D eigenvalue weighted by molar-refractivity contribution is 9.09. The maximum atomic E-state index is 13.7. The van der Waals surface area contributed by atoms with E-state index in [4.69, 9.17) is 0 Å². The molecule has 0 amide bonds. The molecule has 17 heavy (non-hydrogen) atoms. The lowest BCUT2D eigenvalue weighted by molar-refractivity contribution is 0.301. The van der Waals surface area contributed by atoms with E-state index in [9.17, 15) is 4.39 Å². The highest BCUT2D eigenvalue weighted by atomic mass is 79.9. The standard InChI is InChI=1S/C14H19Br2F/c1-11(2)7-14(9-15,10-16)8-12-5-3-4-6-13(12)17/h3-6,11H,7-10H2,1-2H3. The van der Waals surface area contributed by atoms with Crippen LogP contribution in [0.4, 0.5) is 4.39 Å². The predicted octanol–water partition coefficient (Wildman–Crippen LogP) is 5.19. The lowest BCUT2D eigenvalue weighted by atomic mass is 9.79. The highest BCUT2D eigenvalue weighted by Gasteiger charge is 2.30. The molecule has 1 aromatic rings. The zero-order chi connectivity index (χ0) is 12.9. The first kappa shape index (κ1) is 15.2. The van der Waals surface area contributed by atoms with Crippen molar-refractivity contribution in [3.63, 3.8) is 0 Å². The molecule has 0 spiro atoms. The molecule has 0 aliphatic carbocycles. The van der Waals surface area contributed by atoms with Gasteiger partial charge in [0.15, 0.2) is 0 Å². The van der Waals surface area contributed by atoms with Crippen molar-refractivity contribution in [2.75, 3.05) is 10.7 Å². The molecular weight excluding hydrogens is 347 g/mol. The topological polar surface area (TPSA) is 0 Å². The van der Waals surface area contributed by atoms with Crippen molar-refractivity contribution in [1.29, 1.82) is 0 Å². The highest BCUT2D eigenvalue weighted by Crippen LogP contribution is 2.35. The monoisotopic (exact) mass is 364 g/mol. The summed E-state index contributed by atoms with van der Waals surface area (Å²) in [5.74, 6) is 0.513. The first-order chi connectivity index (χ1) is 8.03. The lowest BCUT2D eigenvalue weighted by Gasteiger charge is -2.32. The summed E-state index contributed by atoms with van der Waals surface area (Å²) in [7, 11) is 0. The van der Waals surface area contributed by atoms with E-state index in [2.05, 4.69) is 45.7 Å². The van der Waals surface area contributed by atoms with Crippen LogP contribution in [-0.4, -0.2) is 10.7 Å². The zero-order valence-electron chi connectivity index (χ0n) is 10.3. The number of rotatable bonds is 6. The molecule has 0 heterocycles. The molecule has 3 heteroatoms. The Hall–Kier alpha value is 0.110. The van der Waals surface area contributed by atoms with E-state index in [0.717, 1.165) is 29.1 Å². The van der Waals surface area contributed by atoms with Gasteiger partial charge in [-0.25, -0.2) is 4.39 Å². The quantitative estimate of drug-likeness (QED) is 0.608. The van der Waals surface area contributed by atoms with Crippen LogP contribution in [0.5, 0.6) is 0 Å². The number of benzene rings is 1. The second kappa shape index (κ2) is 6.89. The van der Waals surface area contributed by atoms with Gasteiger partial charge < -0.3 is 0 Å². The molecule has 0 radical (unpaired) electrons. The van der Waals surface area contributed by atoms with E-state index >= 15 is 0 Å². The predicted molar refractivity (Wildman–Crippen MR) is 79.6 cm³/mol. The molecule has 0 aromatic heterocycles. The fourth-order valence-corrected chi connectivity index (χ4v) is 4.01. The van der Waals surface area contributed by atoms with Gasteiger partial charge in [-0.1, -0.05) is 63.9 Å². The first-order valence-electron chi connectivity index (χ1n) is 5.88. The molecule has 0 saturated heterocycles. The molecule has 0 fully saturated rings. The lowest BCUT2D eigenvalue weighted by Crippen LogP contribution is -2.30. The maximum Gasteiger partial charge on any atom is 0.126 e. The van der Waals surface area contributed by atoms with Crippen LogP contribution in [0, 0.1) is 17.2 Å². The second-order valence-corrected chi connectivity index (χ2v) is 6.25. The Balaban J connectivity index is 2.90. The minimum Gasteiger partial charge on any atom is -0.207 e. The average Bonchev–Trinajstić information content (AvgIpc) is 2.30. The van der Waals surface area contributed by atoms with Crippen LogP contribution in [0.1, 0.15) is 25.8 Å². The number of hydrogen-bond acceptors (Lipinski definition) is 0. The van der Waals surface area contributed by atoms with Crippen LogP contribution in [0.3, 0.4) is 0 Å². The molecule has 0 saturated carbocycles. The largest absolute Gasteiger partial charge is 0.207 e. The van der Waals surface area contributed by atoms with Gasteiger partial charge in [0.1, 0.15) is 5.82 Å². The summed E-state index contributed by atoms with van der Waals surface area (Å²) < 4.78 is 13.7. The molecule has 0 aliphatic heterocycles. The molecule has 1 aromatic carbocycles. The molecule has 0 N–H and O–H groups in total. The van der Waals surface area contributed by atoms with Crippen LogP contribution < -0.4 is 0 Å². The van der Waals surface area contributed by atoms with E-state index < -0.39 is 0 Å². The molecular formula is C14H19Br2F. The third-order valence-electron chi connectivity index (χ3n) is 2.93. The summed E-state index contributed by atoms with van der Waals surface area (Å²) in [4.78, 5) is 0.